The standard InChI is InChI=1S/C17H21N5O4/c1-4-12(2)26-15-8-6-5-7-14(15)9-19-20-16(23)11-21-13(3)18-10-17(21)22(24)25/h5-10,12H,4,11H2,1-3H3,(H,20,23)/b19-9-/t12-/m0/s1. The van der Waals surface area contributed by atoms with E-state index in [2.05, 4.69) is 15.5 Å². The predicted molar refractivity (Wildman–Crippen MR) is 96.2 cm³/mol. The molecule has 2 rings (SSSR count). The van der Waals surface area contributed by atoms with Crippen LogP contribution in [-0.2, 0) is 11.3 Å². The molecule has 0 saturated carbocycles. The normalized spacial score (nSPS) is 12.1. The highest BCUT2D eigenvalue weighted by atomic mass is 16.6. The fourth-order valence-electron chi connectivity index (χ4n) is 2.14. The van der Waals surface area contributed by atoms with Crippen LogP contribution in [0.2, 0.25) is 0 Å². The first-order valence-corrected chi connectivity index (χ1v) is 8.16. The molecule has 1 N–H and O–H groups in total. The lowest BCUT2D eigenvalue weighted by molar-refractivity contribution is -0.392. The summed E-state index contributed by atoms with van der Waals surface area (Å²) in [7, 11) is 0. The lowest BCUT2D eigenvalue weighted by atomic mass is 10.2. The fourth-order valence-corrected chi connectivity index (χ4v) is 2.14. The zero-order valence-corrected chi connectivity index (χ0v) is 14.9. The van der Waals surface area contributed by atoms with Crippen molar-refractivity contribution in [2.75, 3.05) is 0 Å². The second kappa shape index (κ2) is 8.75. The van der Waals surface area contributed by atoms with Gasteiger partial charge in [0.1, 0.15) is 11.9 Å². The van der Waals surface area contributed by atoms with Crippen molar-refractivity contribution in [2.45, 2.75) is 39.8 Å². The summed E-state index contributed by atoms with van der Waals surface area (Å²) in [6.45, 7) is 5.34. The molecule has 0 aliphatic carbocycles. The number of carbonyl (C=O) groups excluding carboxylic acids is 1. The van der Waals surface area contributed by atoms with E-state index in [1.54, 1.807) is 6.92 Å². The zero-order chi connectivity index (χ0) is 19.1. The Bertz CT molecular complexity index is 815. The summed E-state index contributed by atoms with van der Waals surface area (Å²) in [5.74, 6) is 0.309. The first-order chi connectivity index (χ1) is 12.4. The summed E-state index contributed by atoms with van der Waals surface area (Å²) >= 11 is 0. The summed E-state index contributed by atoms with van der Waals surface area (Å²) in [6.07, 6.45) is 3.52. The summed E-state index contributed by atoms with van der Waals surface area (Å²) in [5, 5.41) is 14.8. The van der Waals surface area contributed by atoms with Gasteiger partial charge in [-0.05, 0) is 30.4 Å². The van der Waals surface area contributed by atoms with E-state index in [9.17, 15) is 14.9 Å². The van der Waals surface area contributed by atoms with Crippen molar-refractivity contribution in [3.8, 4) is 5.75 Å². The Morgan fingerprint density at radius 1 is 1.50 bits per heavy atom. The van der Waals surface area contributed by atoms with Gasteiger partial charge in [0, 0.05) is 12.5 Å². The largest absolute Gasteiger partial charge is 0.490 e. The Balaban J connectivity index is 2.02. The minimum Gasteiger partial charge on any atom is -0.490 e. The number of amides is 1. The van der Waals surface area contributed by atoms with E-state index in [1.807, 2.05) is 38.1 Å². The van der Waals surface area contributed by atoms with Crippen molar-refractivity contribution in [2.24, 2.45) is 5.10 Å². The van der Waals surface area contributed by atoms with Crippen molar-refractivity contribution in [3.05, 3.63) is 52.0 Å². The number of rotatable bonds is 8. The summed E-state index contributed by atoms with van der Waals surface area (Å²) in [5.41, 5.74) is 3.08. The molecule has 0 spiro atoms. The molecule has 0 aliphatic heterocycles. The number of para-hydroxylation sites is 1. The maximum Gasteiger partial charge on any atom is 0.343 e. The Kier molecular flexibility index (Phi) is 6.42. The molecule has 1 amide bonds. The van der Waals surface area contributed by atoms with Gasteiger partial charge in [0.25, 0.3) is 5.91 Å². The van der Waals surface area contributed by atoms with Gasteiger partial charge < -0.3 is 14.9 Å². The van der Waals surface area contributed by atoms with Gasteiger partial charge in [-0.25, -0.2) is 15.0 Å². The number of nitrogens with zero attached hydrogens (tertiary/aromatic N) is 4. The molecule has 0 radical (unpaired) electrons. The third-order valence-electron chi connectivity index (χ3n) is 3.74. The maximum absolute atomic E-state index is 12.0. The fraction of sp³-hybridized carbons (Fsp3) is 0.353. The number of imidazole rings is 1. The molecule has 2 aromatic rings. The van der Waals surface area contributed by atoms with Gasteiger partial charge in [-0.1, -0.05) is 19.1 Å². The molecule has 1 aromatic carbocycles. The molecule has 138 valence electrons. The minimum absolute atomic E-state index is 0.0592. The van der Waals surface area contributed by atoms with Gasteiger partial charge in [0.2, 0.25) is 0 Å². The Morgan fingerprint density at radius 2 is 2.23 bits per heavy atom. The molecule has 1 atom stereocenters. The number of ether oxygens (including phenoxy) is 1. The second-order valence-electron chi connectivity index (χ2n) is 5.67. The monoisotopic (exact) mass is 359 g/mol. The molecule has 9 heteroatoms. The molecule has 9 nitrogen and oxygen atoms in total. The van der Waals surface area contributed by atoms with Gasteiger partial charge >= 0.3 is 5.82 Å². The van der Waals surface area contributed by atoms with E-state index >= 15 is 0 Å². The highest BCUT2D eigenvalue weighted by Crippen LogP contribution is 2.18. The van der Waals surface area contributed by atoms with Crippen LogP contribution in [0.5, 0.6) is 5.75 Å². The number of nitrogens with one attached hydrogen (secondary N) is 1. The van der Waals surface area contributed by atoms with Crippen LogP contribution in [0.15, 0.2) is 35.6 Å². The van der Waals surface area contributed by atoms with E-state index in [0.717, 1.165) is 18.2 Å². The van der Waals surface area contributed by atoms with E-state index in [4.69, 9.17) is 4.74 Å². The van der Waals surface area contributed by atoms with Gasteiger partial charge in [-0.3, -0.25) is 4.79 Å². The minimum atomic E-state index is -0.584. The third-order valence-corrected chi connectivity index (χ3v) is 3.74. The molecule has 0 bridgehead atoms. The molecule has 0 unspecified atom stereocenters. The SMILES string of the molecule is CC[C@H](C)Oc1ccccc1/C=N\NC(=O)Cn1c([N+](=O)[O-])cnc1C. The summed E-state index contributed by atoms with van der Waals surface area (Å²) in [4.78, 5) is 26.2. The number of benzene rings is 1. The number of hydrazone groups is 1. The van der Waals surface area contributed by atoms with Crippen molar-refractivity contribution in [3.63, 3.8) is 0 Å². The smallest absolute Gasteiger partial charge is 0.343 e. The number of aryl methyl sites for hydroxylation is 1. The molecule has 0 fully saturated rings. The quantitative estimate of drug-likeness (QED) is 0.442. The van der Waals surface area contributed by atoms with Gasteiger partial charge in [0.05, 0.1) is 12.3 Å². The first kappa shape index (κ1) is 19.1. The van der Waals surface area contributed by atoms with Crippen LogP contribution in [0.4, 0.5) is 5.82 Å². The summed E-state index contributed by atoms with van der Waals surface area (Å²) < 4.78 is 7.02. The van der Waals surface area contributed by atoms with Crippen LogP contribution in [0.3, 0.4) is 0 Å². The van der Waals surface area contributed by atoms with Crippen molar-refractivity contribution < 1.29 is 14.5 Å². The Morgan fingerprint density at radius 3 is 2.92 bits per heavy atom. The molecule has 0 aliphatic rings. The lowest BCUT2D eigenvalue weighted by Gasteiger charge is -2.14. The molecule has 1 heterocycles. The highest BCUT2D eigenvalue weighted by Gasteiger charge is 2.19. The summed E-state index contributed by atoms with van der Waals surface area (Å²) in [6, 6.07) is 7.34. The van der Waals surface area contributed by atoms with Crippen molar-refractivity contribution in [1.82, 2.24) is 15.0 Å². The van der Waals surface area contributed by atoms with Crippen LogP contribution < -0.4 is 10.2 Å². The Labute approximate surface area is 150 Å². The predicted octanol–water partition coefficient (Wildman–Crippen LogP) is 2.43. The first-order valence-electron chi connectivity index (χ1n) is 8.16. The number of hydrogen-bond donors (Lipinski definition) is 1. The average Bonchev–Trinajstić information content (AvgIpc) is 2.97. The second-order valence-corrected chi connectivity index (χ2v) is 5.67. The van der Waals surface area contributed by atoms with E-state index in [0.29, 0.717) is 11.6 Å². The molecule has 0 saturated heterocycles. The van der Waals surface area contributed by atoms with Crippen LogP contribution in [0.1, 0.15) is 31.7 Å². The zero-order valence-electron chi connectivity index (χ0n) is 14.9. The third kappa shape index (κ3) is 4.88. The molecular weight excluding hydrogens is 338 g/mol. The lowest BCUT2D eigenvalue weighted by Crippen LogP contribution is -2.24. The van der Waals surface area contributed by atoms with Crippen LogP contribution in [0.25, 0.3) is 0 Å². The van der Waals surface area contributed by atoms with Crippen LogP contribution in [0, 0.1) is 17.0 Å². The number of hydrogen-bond acceptors (Lipinski definition) is 6. The van der Waals surface area contributed by atoms with E-state index in [-0.39, 0.29) is 18.5 Å². The van der Waals surface area contributed by atoms with Gasteiger partial charge in [0.15, 0.2) is 12.4 Å². The van der Waals surface area contributed by atoms with Crippen molar-refractivity contribution >= 4 is 17.9 Å². The topological polar surface area (TPSA) is 112 Å². The van der Waals surface area contributed by atoms with Gasteiger partial charge in [-0.2, -0.15) is 5.10 Å². The maximum atomic E-state index is 12.0. The van der Waals surface area contributed by atoms with Crippen molar-refractivity contribution in [1.29, 1.82) is 0 Å². The highest BCUT2D eigenvalue weighted by molar-refractivity contribution is 5.85. The number of aromatic nitrogens is 2. The van der Waals surface area contributed by atoms with E-state index in [1.165, 1.54) is 10.8 Å². The number of nitro groups is 1. The molecule has 26 heavy (non-hydrogen) atoms. The average molecular weight is 359 g/mol. The number of carbonyl (C=O) groups is 1. The van der Waals surface area contributed by atoms with Crippen LogP contribution in [-0.4, -0.2) is 32.7 Å². The molecular formula is C17H21N5O4. The van der Waals surface area contributed by atoms with Crippen LogP contribution >= 0.6 is 0 Å². The molecule has 1 aromatic heterocycles. The van der Waals surface area contributed by atoms with Gasteiger partial charge in [-0.15, -0.1) is 0 Å². The van der Waals surface area contributed by atoms with E-state index < -0.39 is 10.8 Å². The Hall–Kier alpha value is -3.23.